The highest BCUT2D eigenvalue weighted by Gasteiger charge is 2.31. The van der Waals surface area contributed by atoms with Gasteiger partial charge in [-0.1, -0.05) is 0 Å². The lowest BCUT2D eigenvalue weighted by Crippen LogP contribution is -2.48. The molecule has 0 fully saturated rings. The SMILES string of the molecule is CCOCCc1cc2n(n1)CCC(NC(=O)OC(C)(C)C)C(=O)N2C. The van der Waals surface area contributed by atoms with E-state index in [1.54, 1.807) is 32.5 Å². The molecule has 1 atom stereocenters. The number of aromatic nitrogens is 2. The summed E-state index contributed by atoms with van der Waals surface area (Å²) in [5.74, 6) is 0.547. The molecule has 2 heterocycles. The van der Waals surface area contributed by atoms with Crippen molar-refractivity contribution in [2.24, 2.45) is 0 Å². The first-order valence-corrected chi connectivity index (χ1v) is 8.63. The van der Waals surface area contributed by atoms with Gasteiger partial charge in [0.1, 0.15) is 17.5 Å². The van der Waals surface area contributed by atoms with Gasteiger partial charge in [-0.15, -0.1) is 0 Å². The molecule has 1 aliphatic heterocycles. The van der Waals surface area contributed by atoms with Gasteiger partial charge in [-0.25, -0.2) is 9.48 Å². The molecule has 0 saturated carbocycles. The molecule has 1 aliphatic rings. The number of alkyl carbamates (subject to hydrolysis) is 1. The highest BCUT2D eigenvalue weighted by Crippen LogP contribution is 2.21. The van der Waals surface area contributed by atoms with Gasteiger partial charge in [0.2, 0.25) is 0 Å². The van der Waals surface area contributed by atoms with Gasteiger partial charge in [0.15, 0.2) is 0 Å². The summed E-state index contributed by atoms with van der Waals surface area (Å²) in [7, 11) is 1.69. The number of anilines is 1. The summed E-state index contributed by atoms with van der Waals surface area (Å²) >= 11 is 0. The Kier molecular flexibility index (Phi) is 6.05. The highest BCUT2D eigenvalue weighted by atomic mass is 16.6. The first kappa shape index (κ1) is 19.2. The Morgan fingerprint density at radius 2 is 2.16 bits per heavy atom. The van der Waals surface area contributed by atoms with Crippen LogP contribution in [0.15, 0.2) is 6.07 Å². The third kappa shape index (κ3) is 5.19. The zero-order chi connectivity index (χ0) is 18.6. The minimum atomic E-state index is -0.631. The van der Waals surface area contributed by atoms with Gasteiger partial charge in [-0.3, -0.25) is 9.69 Å². The summed E-state index contributed by atoms with van der Waals surface area (Å²) < 4.78 is 12.4. The zero-order valence-electron chi connectivity index (χ0n) is 15.7. The topological polar surface area (TPSA) is 85.7 Å². The lowest BCUT2D eigenvalue weighted by Gasteiger charge is -2.24. The van der Waals surface area contributed by atoms with E-state index in [9.17, 15) is 9.59 Å². The number of carbonyl (C=O) groups is 2. The minimum Gasteiger partial charge on any atom is -0.444 e. The Morgan fingerprint density at radius 3 is 2.80 bits per heavy atom. The van der Waals surface area contributed by atoms with E-state index in [1.165, 1.54) is 4.90 Å². The molecule has 0 spiro atoms. The van der Waals surface area contributed by atoms with Crippen molar-refractivity contribution >= 4 is 17.8 Å². The molecular weight excluding hydrogens is 324 g/mol. The maximum absolute atomic E-state index is 12.7. The fraction of sp³-hybridized carbons (Fsp3) is 0.706. The van der Waals surface area contributed by atoms with Crippen LogP contribution in [0.2, 0.25) is 0 Å². The van der Waals surface area contributed by atoms with Gasteiger partial charge >= 0.3 is 6.09 Å². The molecule has 1 aromatic heterocycles. The molecule has 8 nitrogen and oxygen atoms in total. The number of aryl methyl sites for hydroxylation is 1. The van der Waals surface area contributed by atoms with Crippen LogP contribution in [0, 0.1) is 0 Å². The fourth-order valence-electron chi connectivity index (χ4n) is 2.64. The summed E-state index contributed by atoms with van der Waals surface area (Å²) in [5, 5.41) is 7.20. The first-order valence-electron chi connectivity index (χ1n) is 8.63. The number of carbonyl (C=O) groups excluding carboxylic acids is 2. The fourth-order valence-corrected chi connectivity index (χ4v) is 2.64. The average Bonchev–Trinajstić information content (AvgIpc) is 2.87. The molecule has 1 N–H and O–H groups in total. The van der Waals surface area contributed by atoms with Crippen molar-refractivity contribution in [1.82, 2.24) is 15.1 Å². The lowest BCUT2D eigenvalue weighted by atomic mass is 10.2. The maximum Gasteiger partial charge on any atom is 0.408 e. The molecule has 0 saturated heterocycles. The predicted octanol–water partition coefficient (Wildman–Crippen LogP) is 1.72. The lowest BCUT2D eigenvalue weighted by molar-refractivity contribution is -0.120. The largest absolute Gasteiger partial charge is 0.444 e. The van der Waals surface area contributed by atoms with Crippen molar-refractivity contribution in [3.63, 3.8) is 0 Å². The molecule has 1 aromatic rings. The van der Waals surface area contributed by atoms with Crippen molar-refractivity contribution in [2.45, 2.75) is 58.7 Å². The number of hydrogen-bond donors (Lipinski definition) is 1. The molecule has 8 heteroatoms. The van der Waals surface area contributed by atoms with Crippen molar-refractivity contribution in [3.8, 4) is 0 Å². The number of amides is 2. The van der Waals surface area contributed by atoms with Crippen molar-refractivity contribution in [1.29, 1.82) is 0 Å². The second-order valence-electron chi connectivity index (χ2n) is 7.05. The van der Waals surface area contributed by atoms with Crippen molar-refractivity contribution in [3.05, 3.63) is 11.8 Å². The number of hydrogen-bond acceptors (Lipinski definition) is 5. The minimum absolute atomic E-state index is 0.180. The van der Waals surface area contributed by atoms with E-state index in [4.69, 9.17) is 9.47 Å². The molecule has 25 heavy (non-hydrogen) atoms. The molecule has 0 aromatic carbocycles. The van der Waals surface area contributed by atoms with Gasteiger partial charge in [0, 0.05) is 32.7 Å². The summed E-state index contributed by atoms with van der Waals surface area (Å²) in [5.41, 5.74) is 0.285. The third-order valence-corrected chi connectivity index (χ3v) is 3.81. The van der Waals surface area contributed by atoms with Crippen molar-refractivity contribution < 1.29 is 19.1 Å². The maximum atomic E-state index is 12.7. The van der Waals surface area contributed by atoms with Gasteiger partial charge in [-0.05, 0) is 34.1 Å². The van der Waals surface area contributed by atoms with Gasteiger partial charge in [-0.2, -0.15) is 5.10 Å². The van der Waals surface area contributed by atoms with Gasteiger partial charge < -0.3 is 14.8 Å². The zero-order valence-corrected chi connectivity index (χ0v) is 15.7. The number of nitrogens with one attached hydrogen (secondary N) is 1. The molecule has 140 valence electrons. The van der Waals surface area contributed by atoms with Crippen LogP contribution in [0.3, 0.4) is 0 Å². The Balaban J connectivity index is 2.03. The number of ether oxygens (including phenoxy) is 2. The summed E-state index contributed by atoms with van der Waals surface area (Å²) in [6.07, 6.45) is 0.577. The van der Waals surface area contributed by atoms with Crippen LogP contribution in [0.25, 0.3) is 0 Å². The van der Waals surface area contributed by atoms with Crippen molar-refractivity contribution in [2.75, 3.05) is 25.2 Å². The second kappa shape index (κ2) is 7.86. The molecule has 0 bridgehead atoms. The third-order valence-electron chi connectivity index (χ3n) is 3.81. The Hall–Kier alpha value is -2.09. The highest BCUT2D eigenvalue weighted by molar-refractivity contribution is 5.98. The quantitative estimate of drug-likeness (QED) is 0.816. The van der Waals surface area contributed by atoms with Crippen LogP contribution < -0.4 is 10.2 Å². The van der Waals surface area contributed by atoms with Crippen LogP contribution >= 0.6 is 0 Å². The Morgan fingerprint density at radius 1 is 1.44 bits per heavy atom. The van der Waals surface area contributed by atoms with Crippen LogP contribution in [0.1, 0.15) is 39.8 Å². The monoisotopic (exact) mass is 352 g/mol. The average molecular weight is 352 g/mol. The van der Waals surface area contributed by atoms with Crippen LogP contribution in [-0.4, -0.2) is 53.7 Å². The van der Waals surface area contributed by atoms with E-state index in [0.29, 0.717) is 32.6 Å². The Labute approximate surface area is 148 Å². The summed E-state index contributed by atoms with van der Waals surface area (Å²) in [4.78, 5) is 26.2. The number of likely N-dealkylation sites (N-methyl/N-ethyl adjacent to an activating group) is 1. The van der Waals surface area contributed by atoms with E-state index in [-0.39, 0.29) is 5.91 Å². The molecule has 0 aliphatic carbocycles. The molecule has 1 unspecified atom stereocenters. The number of rotatable bonds is 5. The van der Waals surface area contributed by atoms with Gasteiger partial charge in [0.25, 0.3) is 5.91 Å². The molecular formula is C17H28N4O4. The first-order chi connectivity index (χ1) is 11.7. The molecule has 2 amide bonds. The van der Waals surface area contributed by atoms with E-state index < -0.39 is 17.7 Å². The van der Waals surface area contributed by atoms with Gasteiger partial charge in [0.05, 0.1) is 12.3 Å². The van der Waals surface area contributed by atoms with Crippen LogP contribution in [-0.2, 0) is 27.2 Å². The van der Waals surface area contributed by atoms with Crippen LogP contribution in [0.4, 0.5) is 10.6 Å². The standard InChI is InChI=1S/C17H28N4O4/c1-6-24-10-8-12-11-14-20(5)15(22)13(7-9-21(14)19-12)18-16(23)25-17(2,3)4/h11,13H,6-10H2,1-5H3,(H,18,23). The Bertz CT molecular complexity index is 621. The molecule has 2 rings (SSSR count). The van der Waals surface area contributed by atoms with E-state index in [1.807, 2.05) is 13.0 Å². The molecule has 0 radical (unpaired) electrons. The van der Waals surface area contributed by atoms with E-state index >= 15 is 0 Å². The summed E-state index contributed by atoms with van der Waals surface area (Å²) in [6.45, 7) is 9.12. The van der Waals surface area contributed by atoms with Crippen LogP contribution in [0.5, 0.6) is 0 Å². The number of fused-ring (bicyclic) bond motifs is 1. The number of nitrogens with zero attached hydrogens (tertiary/aromatic N) is 3. The van der Waals surface area contributed by atoms with E-state index in [2.05, 4.69) is 10.4 Å². The smallest absolute Gasteiger partial charge is 0.408 e. The second-order valence-corrected chi connectivity index (χ2v) is 7.05. The summed E-state index contributed by atoms with van der Waals surface area (Å²) in [6, 6.07) is 1.26. The normalized spacial score (nSPS) is 17.9. The predicted molar refractivity (Wildman–Crippen MR) is 93.6 cm³/mol. The van der Waals surface area contributed by atoms with E-state index in [0.717, 1.165) is 11.5 Å².